The molecule has 0 aromatic heterocycles. The molecule has 0 aliphatic heterocycles. The summed E-state index contributed by atoms with van der Waals surface area (Å²) in [7, 11) is 0. The lowest BCUT2D eigenvalue weighted by Crippen LogP contribution is -2.27. The molecule has 0 saturated carbocycles. The Balaban J connectivity index is 2.26. The molecule has 5 N–H and O–H groups in total. The molecule has 3 nitrogen and oxygen atoms in total. The van der Waals surface area contributed by atoms with E-state index in [1.54, 1.807) is 0 Å². The summed E-state index contributed by atoms with van der Waals surface area (Å²) >= 11 is 0. The van der Waals surface area contributed by atoms with E-state index in [2.05, 4.69) is 50.4 Å². The van der Waals surface area contributed by atoms with Crippen molar-refractivity contribution >= 4 is 0 Å². The van der Waals surface area contributed by atoms with Gasteiger partial charge in [-0.3, -0.25) is 0 Å². The fourth-order valence-electron chi connectivity index (χ4n) is 2.17. The fraction of sp³-hybridized carbons (Fsp3) is 0.647. The molecule has 0 aliphatic rings. The summed E-state index contributed by atoms with van der Waals surface area (Å²) < 4.78 is 0. The van der Waals surface area contributed by atoms with Crippen LogP contribution in [0.5, 0.6) is 0 Å². The summed E-state index contributed by atoms with van der Waals surface area (Å²) in [6, 6.07) is 9.15. The Morgan fingerprint density at radius 1 is 1.10 bits per heavy atom. The molecule has 0 fully saturated rings. The molecule has 0 spiro atoms. The summed E-state index contributed by atoms with van der Waals surface area (Å²) in [6.45, 7) is 9.33. The van der Waals surface area contributed by atoms with Gasteiger partial charge in [-0.1, -0.05) is 45.0 Å². The SMILES string of the molecule is CC(C)(C)c1ccc(CNCCC(N)CCCN)cc1. The van der Waals surface area contributed by atoms with Crippen molar-refractivity contribution in [2.45, 2.75) is 58.0 Å². The molecule has 114 valence electrons. The molecule has 0 aliphatic carbocycles. The van der Waals surface area contributed by atoms with Gasteiger partial charge in [-0.25, -0.2) is 0 Å². The summed E-state index contributed by atoms with van der Waals surface area (Å²) in [6.07, 6.45) is 3.06. The van der Waals surface area contributed by atoms with Crippen molar-refractivity contribution in [3.63, 3.8) is 0 Å². The van der Waals surface area contributed by atoms with E-state index in [0.717, 1.165) is 38.9 Å². The molecule has 3 heteroatoms. The molecule has 1 aromatic carbocycles. The lowest BCUT2D eigenvalue weighted by atomic mass is 9.87. The summed E-state index contributed by atoms with van der Waals surface area (Å²) in [5.41, 5.74) is 14.4. The summed E-state index contributed by atoms with van der Waals surface area (Å²) in [5, 5.41) is 3.46. The van der Waals surface area contributed by atoms with E-state index >= 15 is 0 Å². The quantitative estimate of drug-likeness (QED) is 0.640. The van der Waals surface area contributed by atoms with Crippen LogP contribution in [-0.2, 0) is 12.0 Å². The number of hydrogen-bond donors (Lipinski definition) is 3. The monoisotopic (exact) mass is 277 g/mol. The maximum absolute atomic E-state index is 6.01. The van der Waals surface area contributed by atoms with Crippen LogP contribution in [0.2, 0.25) is 0 Å². The number of nitrogens with one attached hydrogen (secondary N) is 1. The van der Waals surface area contributed by atoms with Crippen molar-refractivity contribution in [2.75, 3.05) is 13.1 Å². The van der Waals surface area contributed by atoms with E-state index in [4.69, 9.17) is 11.5 Å². The van der Waals surface area contributed by atoms with Crippen molar-refractivity contribution < 1.29 is 0 Å². The highest BCUT2D eigenvalue weighted by atomic mass is 14.9. The van der Waals surface area contributed by atoms with Crippen molar-refractivity contribution in [3.05, 3.63) is 35.4 Å². The summed E-state index contributed by atoms with van der Waals surface area (Å²) in [5.74, 6) is 0. The van der Waals surface area contributed by atoms with Crippen LogP contribution in [0.4, 0.5) is 0 Å². The highest BCUT2D eigenvalue weighted by Gasteiger charge is 2.12. The van der Waals surface area contributed by atoms with Gasteiger partial charge in [-0.2, -0.15) is 0 Å². The molecule has 0 radical (unpaired) electrons. The number of rotatable bonds is 8. The predicted molar refractivity (Wildman–Crippen MR) is 87.7 cm³/mol. The molecule has 1 unspecified atom stereocenters. The third-order valence-corrected chi connectivity index (χ3v) is 3.62. The first-order valence-corrected chi connectivity index (χ1v) is 7.69. The summed E-state index contributed by atoms with van der Waals surface area (Å²) in [4.78, 5) is 0. The minimum atomic E-state index is 0.224. The second kappa shape index (κ2) is 8.40. The van der Waals surface area contributed by atoms with E-state index in [-0.39, 0.29) is 11.5 Å². The van der Waals surface area contributed by atoms with Crippen LogP contribution < -0.4 is 16.8 Å². The minimum Gasteiger partial charge on any atom is -0.330 e. The van der Waals surface area contributed by atoms with Crippen LogP contribution in [-0.4, -0.2) is 19.1 Å². The minimum absolute atomic E-state index is 0.224. The zero-order valence-corrected chi connectivity index (χ0v) is 13.3. The third kappa shape index (κ3) is 6.51. The standard InChI is InChI=1S/C17H31N3/c1-17(2,3)15-8-6-14(7-9-15)13-20-12-10-16(19)5-4-11-18/h6-9,16,20H,4-5,10-13,18-19H2,1-3H3. The second-order valence-corrected chi connectivity index (χ2v) is 6.60. The molecule has 0 saturated heterocycles. The Morgan fingerprint density at radius 3 is 2.30 bits per heavy atom. The van der Waals surface area contributed by atoms with E-state index in [9.17, 15) is 0 Å². The van der Waals surface area contributed by atoms with Gasteiger partial charge in [-0.15, -0.1) is 0 Å². The van der Waals surface area contributed by atoms with Gasteiger partial charge in [0.1, 0.15) is 0 Å². The predicted octanol–water partition coefficient (Wildman–Crippen LogP) is 2.53. The average molecular weight is 277 g/mol. The van der Waals surface area contributed by atoms with E-state index in [0.29, 0.717) is 0 Å². The molecule has 0 heterocycles. The van der Waals surface area contributed by atoms with Crippen molar-refractivity contribution in [1.29, 1.82) is 0 Å². The highest BCUT2D eigenvalue weighted by molar-refractivity contribution is 5.27. The smallest absolute Gasteiger partial charge is 0.0205 e. The average Bonchev–Trinajstić information content (AvgIpc) is 2.41. The van der Waals surface area contributed by atoms with E-state index < -0.39 is 0 Å². The number of hydrogen-bond acceptors (Lipinski definition) is 3. The zero-order valence-electron chi connectivity index (χ0n) is 13.3. The molecular formula is C17H31N3. The Hall–Kier alpha value is -0.900. The lowest BCUT2D eigenvalue weighted by Gasteiger charge is -2.19. The molecule has 1 rings (SSSR count). The van der Waals surface area contributed by atoms with Crippen molar-refractivity contribution in [3.8, 4) is 0 Å². The third-order valence-electron chi connectivity index (χ3n) is 3.62. The normalized spacial score (nSPS) is 13.4. The van der Waals surface area contributed by atoms with Gasteiger partial charge in [0.15, 0.2) is 0 Å². The maximum Gasteiger partial charge on any atom is 0.0205 e. The van der Waals surface area contributed by atoms with Gasteiger partial charge < -0.3 is 16.8 Å². The van der Waals surface area contributed by atoms with Crippen LogP contribution in [0.15, 0.2) is 24.3 Å². The molecular weight excluding hydrogens is 246 g/mol. The first kappa shape index (κ1) is 17.2. The Labute approximate surface area is 124 Å². The topological polar surface area (TPSA) is 64.1 Å². The van der Waals surface area contributed by atoms with E-state index in [1.165, 1.54) is 11.1 Å². The van der Waals surface area contributed by atoms with Gasteiger partial charge in [0, 0.05) is 12.6 Å². The first-order valence-electron chi connectivity index (χ1n) is 7.69. The maximum atomic E-state index is 6.01. The van der Waals surface area contributed by atoms with Gasteiger partial charge in [0.05, 0.1) is 0 Å². The number of nitrogens with two attached hydrogens (primary N) is 2. The Bertz CT molecular complexity index is 365. The molecule has 1 aromatic rings. The number of benzene rings is 1. The van der Waals surface area contributed by atoms with Gasteiger partial charge >= 0.3 is 0 Å². The fourth-order valence-corrected chi connectivity index (χ4v) is 2.17. The van der Waals surface area contributed by atoms with Crippen molar-refractivity contribution in [1.82, 2.24) is 5.32 Å². The first-order chi connectivity index (χ1) is 9.43. The van der Waals surface area contributed by atoms with Crippen LogP contribution >= 0.6 is 0 Å². The molecule has 0 amide bonds. The molecule has 20 heavy (non-hydrogen) atoms. The Kier molecular flexibility index (Phi) is 7.20. The second-order valence-electron chi connectivity index (χ2n) is 6.60. The largest absolute Gasteiger partial charge is 0.330 e. The van der Waals surface area contributed by atoms with Gasteiger partial charge in [0.2, 0.25) is 0 Å². The van der Waals surface area contributed by atoms with E-state index in [1.807, 2.05) is 0 Å². The van der Waals surface area contributed by atoms with Crippen LogP contribution in [0.3, 0.4) is 0 Å². The van der Waals surface area contributed by atoms with Crippen LogP contribution in [0.25, 0.3) is 0 Å². The van der Waals surface area contributed by atoms with Gasteiger partial charge in [-0.05, 0) is 48.9 Å². The van der Waals surface area contributed by atoms with Gasteiger partial charge in [0.25, 0.3) is 0 Å². The zero-order chi connectivity index (χ0) is 15.0. The van der Waals surface area contributed by atoms with Crippen molar-refractivity contribution in [2.24, 2.45) is 11.5 Å². The van der Waals surface area contributed by atoms with Crippen LogP contribution in [0, 0.1) is 0 Å². The van der Waals surface area contributed by atoms with Crippen LogP contribution in [0.1, 0.15) is 51.2 Å². The molecule has 0 bridgehead atoms. The Morgan fingerprint density at radius 2 is 1.75 bits per heavy atom. The molecule has 1 atom stereocenters. The highest BCUT2D eigenvalue weighted by Crippen LogP contribution is 2.22. The lowest BCUT2D eigenvalue weighted by molar-refractivity contribution is 0.520.